The van der Waals surface area contributed by atoms with E-state index in [0.717, 1.165) is 49.9 Å². The fourth-order valence-corrected chi connectivity index (χ4v) is 3.69. The summed E-state index contributed by atoms with van der Waals surface area (Å²) in [7, 11) is 0. The Morgan fingerprint density at radius 3 is 2.74 bits per heavy atom. The molecular weight excluding hydrogens is 344 g/mol. The molecule has 4 heterocycles. The molecule has 27 heavy (non-hydrogen) atoms. The van der Waals surface area contributed by atoms with E-state index in [4.69, 9.17) is 5.73 Å². The minimum absolute atomic E-state index is 0.192. The Kier molecular flexibility index (Phi) is 4.93. The van der Waals surface area contributed by atoms with Crippen molar-refractivity contribution in [1.29, 1.82) is 0 Å². The number of aryl methyl sites for hydroxylation is 2. The first-order valence-electron chi connectivity index (χ1n) is 9.49. The van der Waals surface area contributed by atoms with Crippen molar-refractivity contribution in [1.82, 2.24) is 30.0 Å². The average molecular weight is 370 g/mol. The Morgan fingerprint density at radius 2 is 2.00 bits per heavy atom. The van der Waals surface area contributed by atoms with E-state index in [1.807, 2.05) is 22.6 Å². The van der Waals surface area contributed by atoms with E-state index in [2.05, 4.69) is 31.3 Å². The van der Waals surface area contributed by atoms with Crippen molar-refractivity contribution in [2.45, 2.75) is 32.9 Å². The Balaban J connectivity index is 1.29. The Labute approximate surface area is 158 Å². The molecular formula is C18H26N8O. The van der Waals surface area contributed by atoms with Crippen LogP contribution >= 0.6 is 0 Å². The summed E-state index contributed by atoms with van der Waals surface area (Å²) in [5, 5.41) is 7.95. The molecule has 0 unspecified atom stereocenters. The van der Waals surface area contributed by atoms with Gasteiger partial charge in [-0.15, -0.1) is 0 Å². The van der Waals surface area contributed by atoms with Crippen molar-refractivity contribution in [2.75, 3.05) is 43.4 Å². The first kappa shape index (κ1) is 17.7. The van der Waals surface area contributed by atoms with Crippen LogP contribution in [0, 0.1) is 6.92 Å². The Morgan fingerprint density at radius 1 is 1.19 bits per heavy atom. The third kappa shape index (κ3) is 4.02. The van der Waals surface area contributed by atoms with Crippen molar-refractivity contribution in [3.63, 3.8) is 0 Å². The summed E-state index contributed by atoms with van der Waals surface area (Å²) in [6, 6.07) is 4.04. The number of hydrogen-bond acceptors (Lipinski definition) is 7. The number of hydrogen-bond donors (Lipinski definition) is 2. The molecule has 2 aliphatic heterocycles. The maximum atomic E-state index is 12.6. The zero-order valence-corrected chi connectivity index (χ0v) is 15.7. The van der Waals surface area contributed by atoms with Gasteiger partial charge in [-0.1, -0.05) is 0 Å². The number of nitrogens with one attached hydrogen (secondary N) is 1. The van der Waals surface area contributed by atoms with Crippen LogP contribution in [0.4, 0.5) is 11.8 Å². The molecule has 0 saturated carbocycles. The van der Waals surface area contributed by atoms with Crippen LogP contribution in [0.5, 0.6) is 0 Å². The molecule has 0 atom stereocenters. The lowest BCUT2D eigenvalue weighted by Crippen LogP contribution is -2.49. The molecule has 3 N–H and O–H groups in total. The fourth-order valence-electron chi connectivity index (χ4n) is 3.69. The van der Waals surface area contributed by atoms with Crippen LogP contribution in [-0.4, -0.2) is 63.3 Å². The minimum atomic E-state index is 0.192. The first-order valence-corrected chi connectivity index (χ1v) is 9.49. The van der Waals surface area contributed by atoms with Gasteiger partial charge < -0.3 is 20.9 Å². The SMILES string of the molecule is Cc1cc(N2CCN(C(=O)CCc3cc4n(n3)CCNC4)CC2)nc(N)n1. The number of anilines is 2. The second kappa shape index (κ2) is 7.51. The third-order valence-corrected chi connectivity index (χ3v) is 5.13. The van der Waals surface area contributed by atoms with E-state index in [9.17, 15) is 4.79 Å². The predicted octanol–water partition coefficient (Wildman–Crippen LogP) is -0.0517. The molecule has 2 aromatic rings. The van der Waals surface area contributed by atoms with Crippen molar-refractivity contribution in [3.8, 4) is 0 Å². The number of nitrogens with zero attached hydrogens (tertiary/aromatic N) is 6. The summed E-state index contributed by atoms with van der Waals surface area (Å²) in [4.78, 5) is 25.1. The molecule has 0 bridgehead atoms. The van der Waals surface area contributed by atoms with Crippen molar-refractivity contribution in [3.05, 3.63) is 29.2 Å². The van der Waals surface area contributed by atoms with Crippen LogP contribution in [0.3, 0.4) is 0 Å². The lowest BCUT2D eigenvalue weighted by Gasteiger charge is -2.35. The van der Waals surface area contributed by atoms with E-state index >= 15 is 0 Å². The topological polar surface area (TPSA) is 105 Å². The summed E-state index contributed by atoms with van der Waals surface area (Å²) in [5.74, 6) is 1.32. The largest absolute Gasteiger partial charge is 0.368 e. The van der Waals surface area contributed by atoms with Crippen molar-refractivity contribution < 1.29 is 4.79 Å². The first-order chi connectivity index (χ1) is 13.1. The number of fused-ring (bicyclic) bond motifs is 1. The lowest BCUT2D eigenvalue weighted by molar-refractivity contribution is -0.131. The van der Waals surface area contributed by atoms with Gasteiger partial charge in [0.25, 0.3) is 0 Å². The Hall–Kier alpha value is -2.68. The van der Waals surface area contributed by atoms with Crippen LogP contribution in [0.1, 0.15) is 23.5 Å². The zero-order chi connectivity index (χ0) is 18.8. The number of aromatic nitrogens is 4. The molecule has 144 valence electrons. The smallest absolute Gasteiger partial charge is 0.223 e. The van der Waals surface area contributed by atoms with Gasteiger partial charge in [0.2, 0.25) is 11.9 Å². The summed E-state index contributed by atoms with van der Waals surface area (Å²) in [6.45, 7) is 7.53. The molecule has 0 spiro atoms. The monoisotopic (exact) mass is 370 g/mol. The van der Waals surface area contributed by atoms with Gasteiger partial charge in [0.05, 0.1) is 17.9 Å². The quantitative estimate of drug-likeness (QED) is 0.777. The van der Waals surface area contributed by atoms with Gasteiger partial charge in [-0.05, 0) is 13.0 Å². The van der Waals surface area contributed by atoms with Gasteiger partial charge >= 0.3 is 0 Å². The molecule has 2 aromatic heterocycles. The lowest BCUT2D eigenvalue weighted by atomic mass is 10.2. The van der Waals surface area contributed by atoms with E-state index in [1.54, 1.807) is 0 Å². The fraction of sp³-hybridized carbons (Fsp3) is 0.556. The highest BCUT2D eigenvalue weighted by molar-refractivity contribution is 5.76. The van der Waals surface area contributed by atoms with Gasteiger partial charge in [-0.2, -0.15) is 10.1 Å². The van der Waals surface area contributed by atoms with Crippen LogP contribution < -0.4 is 16.0 Å². The second-order valence-electron chi connectivity index (χ2n) is 7.12. The van der Waals surface area contributed by atoms with E-state index in [1.165, 1.54) is 5.69 Å². The highest BCUT2D eigenvalue weighted by Crippen LogP contribution is 2.17. The summed E-state index contributed by atoms with van der Waals surface area (Å²) in [5.41, 5.74) is 8.82. The number of nitrogen functional groups attached to an aromatic ring is 1. The molecule has 0 aliphatic carbocycles. The highest BCUT2D eigenvalue weighted by Gasteiger charge is 2.22. The number of carbonyl (C=O) groups is 1. The maximum absolute atomic E-state index is 12.6. The molecule has 4 rings (SSSR count). The third-order valence-electron chi connectivity index (χ3n) is 5.13. The molecule has 9 nitrogen and oxygen atoms in total. The normalized spacial score (nSPS) is 17.1. The maximum Gasteiger partial charge on any atom is 0.223 e. The second-order valence-corrected chi connectivity index (χ2v) is 7.12. The summed E-state index contributed by atoms with van der Waals surface area (Å²) < 4.78 is 2.05. The molecule has 0 aromatic carbocycles. The summed E-state index contributed by atoms with van der Waals surface area (Å²) in [6.07, 6.45) is 1.20. The van der Waals surface area contributed by atoms with Gasteiger partial charge in [0, 0.05) is 63.9 Å². The molecule has 2 aliphatic rings. The molecule has 1 amide bonds. The number of rotatable bonds is 4. The van der Waals surface area contributed by atoms with Gasteiger partial charge in [0.15, 0.2) is 0 Å². The van der Waals surface area contributed by atoms with E-state index in [0.29, 0.717) is 31.9 Å². The van der Waals surface area contributed by atoms with Gasteiger partial charge in [-0.25, -0.2) is 4.98 Å². The standard InChI is InChI=1S/C18H26N8O/c1-13-10-16(22-18(19)21-13)24-6-8-25(9-7-24)17(27)3-2-14-11-15-12-20-4-5-26(15)23-14/h10-11,20H,2-9,12H2,1H3,(H2,19,21,22). The van der Waals surface area contributed by atoms with E-state index in [-0.39, 0.29) is 5.91 Å². The molecule has 1 fully saturated rings. The summed E-state index contributed by atoms with van der Waals surface area (Å²) >= 11 is 0. The predicted molar refractivity (Wildman–Crippen MR) is 102 cm³/mol. The van der Waals surface area contributed by atoms with Crippen molar-refractivity contribution >= 4 is 17.7 Å². The Bertz CT molecular complexity index is 781. The van der Waals surface area contributed by atoms with Crippen LogP contribution in [0.15, 0.2) is 12.1 Å². The van der Waals surface area contributed by atoms with Crippen LogP contribution in [-0.2, 0) is 24.3 Å². The van der Waals surface area contributed by atoms with E-state index < -0.39 is 0 Å². The highest BCUT2D eigenvalue weighted by atomic mass is 16.2. The number of amides is 1. The van der Waals surface area contributed by atoms with Crippen molar-refractivity contribution in [2.24, 2.45) is 0 Å². The number of carbonyl (C=O) groups excluding carboxylic acids is 1. The number of nitrogens with two attached hydrogens (primary N) is 1. The van der Waals surface area contributed by atoms with Crippen LogP contribution in [0.25, 0.3) is 0 Å². The number of piperazine rings is 1. The van der Waals surface area contributed by atoms with Gasteiger partial charge in [-0.3, -0.25) is 9.48 Å². The zero-order valence-electron chi connectivity index (χ0n) is 15.7. The molecule has 0 radical (unpaired) electrons. The minimum Gasteiger partial charge on any atom is -0.368 e. The average Bonchev–Trinajstić information content (AvgIpc) is 3.08. The molecule has 1 saturated heterocycles. The van der Waals surface area contributed by atoms with Crippen LogP contribution in [0.2, 0.25) is 0 Å². The molecule has 9 heteroatoms. The van der Waals surface area contributed by atoms with Gasteiger partial charge in [0.1, 0.15) is 5.82 Å².